The summed E-state index contributed by atoms with van der Waals surface area (Å²) < 4.78 is 39.0. The molecule has 2 aliphatic heterocycles. The van der Waals surface area contributed by atoms with E-state index in [9.17, 15) is 8.42 Å². The minimum Gasteiger partial charge on any atom is -0.377 e. The smallest absolute Gasteiger partial charge is 0.211 e. The lowest BCUT2D eigenvalue weighted by molar-refractivity contribution is -0.139. The van der Waals surface area contributed by atoms with Crippen LogP contribution in [0.4, 0.5) is 0 Å². The van der Waals surface area contributed by atoms with E-state index in [1.165, 1.54) is 10.6 Å². The van der Waals surface area contributed by atoms with Crippen LogP contribution in [0.5, 0.6) is 0 Å². The first-order valence-corrected chi connectivity index (χ1v) is 9.58. The monoisotopic (exact) mass is 344 g/mol. The van der Waals surface area contributed by atoms with E-state index in [0.717, 1.165) is 12.4 Å². The molecular formula is C14H24N4O4S. The number of imidazole rings is 1. The Bertz CT molecular complexity index is 647. The first kappa shape index (κ1) is 16.8. The number of nitrogens with zero attached hydrogens (tertiary/aromatic N) is 4. The Hall–Kier alpha value is -1.00. The van der Waals surface area contributed by atoms with Crippen LogP contribution < -0.4 is 0 Å². The number of hydrogen-bond donors (Lipinski definition) is 0. The van der Waals surface area contributed by atoms with Gasteiger partial charge in [0.2, 0.25) is 10.0 Å². The number of hydrogen-bond acceptors (Lipinski definition) is 6. The minimum absolute atomic E-state index is 0.336. The molecule has 0 bridgehead atoms. The zero-order valence-electron chi connectivity index (χ0n) is 13.6. The molecule has 2 saturated heterocycles. The van der Waals surface area contributed by atoms with Crippen molar-refractivity contribution < 1.29 is 17.9 Å². The average molecular weight is 344 g/mol. The van der Waals surface area contributed by atoms with E-state index in [1.807, 2.05) is 17.8 Å². The molecule has 9 heteroatoms. The molecule has 2 fully saturated rings. The fourth-order valence-corrected chi connectivity index (χ4v) is 4.02. The first-order chi connectivity index (χ1) is 10.9. The van der Waals surface area contributed by atoms with Crippen LogP contribution in [0.25, 0.3) is 0 Å². The molecule has 0 N–H and O–H groups in total. The number of sulfonamides is 1. The van der Waals surface area contributed by atoms with Gasteiger partial charge in [-0.05, 0) is 0 Å². The molecule has 1 spiro atoms. The highest BCUT2D eigenvalue weighted by atomic mass is 32.2. The SMILES string of the molecule is Cn1ccnc1CN1CCOC2(COCCN(S(C)(=O)=O)C2)C1. The molecule has 1 aromatic heterocycles. The van der Waals surface area contributed by atoms with Crippen LogP contribution >= 0.6 is 0 Å². The molecule has 0 radical (unpaired) electrons. The van der Waals surface area contributed by atoms with E-state index in [1.54, 1.807) is 6.20 Å². The maximum Gasteiger partial charge on any atom is 0.211 e. The van der Waals surface area contributed by atoms with E-state index in [4.69, 9.17) is 9.47 Å². The molecule has 1 aromatic rings. The van der Waals surface area contributed by atoms with Crippen LogP contribution in [-0.4, -0.2) is 85.0 Å². The lowest BCUT2D eigenvalue weighted by Gasteiger charge is -2.42. The summed E-state index contributed by atoms with van der Waals surface area (Å²) in [6, 6.07) is 0. The summed E-state index contributed by atoms with van der Waals surface area (Å²) in [5, 5.41) is 0. The molecular weight excluding hydrogens is 320 g/mol. The molecule has 0 aromatic carbocycles. The van der Waals surface area contributed by atoms with Crippen molar-refractivity contribution in [1.29, 1.82) is 0 Å². The third-order valence-electron chi connectivity index (χ3n) is 4.40. The van der Waals surface area contributed by atoms with Crippen molar-refractivity contribution >= 4 is 10.0 Å². The minimum atomic E-state index is -3.26. The van der Waals surface area contributed by atoms with Crippen molar-refractivity contribution in [3.05, 3.63) is 18.2 Å². The summed E-state index contributed by atoms with van der Waals surface area (Å²) in [4.78, 5) is 6.61. The molecule has 3 rings (SSSR count). The number of ether oxygens (including phenoxy) is 2. The van der Waals surface area contributed by atoms with Gasteiger partial charge in [-0.1, -0.05) is 0 Å². The van der Waals surface area contributed by atoms with Gasteiger partial charge in [0.15, 0.2) is 0 Å². The van der Waals surface area contributed by atoms with Gasteiger partial charge in [-0.15, -0.1) is 0 Å². The second kappa shape index (κ2) is 6.48. The van der Waals surface area contributed by atoms with Gasteiger partial charge in [-0.25, -0.2) is 13.4 Å². The molecule has 23 heavy (non-hydrogen) atoms. The Balaban J connectivity index is 1.74. The van der Waals surface area contributed by atoms with Crippen LogP contribution in [0.2, 0.25) is 0 Å². The largest absolute Gasteiger partial charge is 0.377 e. The van der Waals surface area contributed by atoms with Gasteiger partial charge in [0.1, 0.15) is 11.4 Å². The van der Waals surface area contributed by atoms with Gasteiger partial charge in [0, 0.05) is 45.6 Å². The van der Waals surface area contributed by atoms with Crippen molar-refractivity contribution in [2.75, 3.05) is 52.3 Å². The van der Waals surface area contributed by atoms with Crippen molar-refractivity contribution in [1.82, 2.24) is 18.8 Å². The Kier molecular flexibility index (Phi) is 4.75. The predicted molar refractivity (Wildman–Crippen MR) is 84.4 cm³/mol. The van der Waals surface area contributed by atoms with Crippen LogP contribution in [0.1, 0.15) is 5.82 Å². The van der Waals surface area contributed by atoms with Crippen molar-refractivity contribution in [3.63, 3.8) is 0 Å². The van der Waals surface area contributed by atoms with Gasteiger partial charge in [0.25, 0.3) is 0 Å². The summed E-state index contributed by atoms with van der Waals surface area (Å²) in [5.74, 6) is 0.983. The van der Waals surface area contributed by atoms with Crippen LogP contribution in [0, 0.1) is 0 Å². The summed E-state index contributed by atoms with van der Waals surface area (Å²) in [7, 11) is -1.29. The lowest BCUT2D eigenvalue weighted by atomic mass is 10.0. The topological polar surface area (TPSA) is 76.9 Å². The number of morpholine rings is 1. The Morgan fingerprint density at radius 3 is 2.83 bits per heavy atom. The maximum atomic E-state index is 11.9. The Morgan fingerprint density at radius 1 is 1.30 bits per heavy atom. The first-order valence-electron chi connectivity index (χ1n) is 7.73. The fraction of sp³-hybridized carbons (Fsp3) is 0.786. The summed E-state index contributed by atoms with van der Waals surface area (Å²) in [6.45, 7) is 4.23. The van der Waals surface area contributed by atoms with Gasteiger partial charge >= 0.3 is 0 Å². The van der Waals surface area contributed by atoms with E-state index < -0.39 is 15.6 Å². The zero-order valence-corrected chi connectivity index (χ0v) is 14.5. The molecule has 0 amide bonds. The van der Waals surface area contributed by atoms with Crippen molar-refractivity contribution in [3.8, 4) is 0 Å². The molecule has 8 nitrogen and oxygen atoms in total. The molecule has 0 saturated carbocycles. The quantitative estimate of drug-likeness (QED) is 0.720. The van der Waals surface area contributed by atoms with Crippen LogP contribution in [0.3, 0.4) is 0 Å². The van der Waals surface area contributed by atoms with E-state index in [-0.39, 0.29) is 0 Å². The standard InChI is InChI=1S/C14H24N4O4S/c1-16-4-3-15-13(16)9-17-5-8-22-14(10-17)11-18(23(2,19)20)6-7-21-12-14/h3-4H,5-12H2,1-2H3. The van der Waals surface area contributed by atoms with Crippen LogP contribution in [0.15, 0.2) is 12.4 Å². The third kappa shape index (κ3) is 3.92. The summed E-state index contributed by atoms with van der Waals surface area (Å²) in [5.41, 5.74) is -0.608. The van der Waals surface area contributed by atoms with Gasteiger partial charge in [0.05, 0.1) is 32.6 Å². The van der Waals surface area contributed by atoms with Gasteiger partial charge in [-0.2, -0.15) is 4.31 Å². The highest BCUT2D eigenvalue weighted by molar-refractivity contribution is 7.88. The van der Waals surface area contributed by atoms with Gasteiger partial charge in [-0.3, -0.25) is 4.90 Å². The third-order valence-corrected chi connectivity index (χ3v) is 5.65. The van der Waals surface area contributed by atoms with E-state index >= 15 is 0 Å². The second-order valence-corrected chi connectivity index (χ2v) is 8.33. The molecule has 1 unspecified atom stereocenters. The van der Waals surface area contributed by atoms with E-state index in [0.29, 0.717) is 46.0 Å². The number of rotatable bonds is 3. The van der Waals surface area contributed by atoms with Crippen LogP contribution in [-0.2, 0) is 33.1 Å². The van der Waals surface area contributed by atoms with Crippen molar-refractivity contribution in [2.45, 2.75) is 12.1 Å². The molecule has 1 atom stereocenters. The Labute approximate surface area is 137 Å². The maximum absolute atomic E-state index is 11.9. The average Bonchev–Trinajstić information content (AvgIpc) is 2.75. The highest BCUT2D eigenvalue weighted by Crippen LogP contribution is 2.24. The highest BCUT2D eigenvalue weighted by Gasteiger charge is 2.42. The molecule has 0 aliphatic carbocycles. The van der Waals surface area contributed by atoms with E-state index in [2.05, 4.69) is 9.88 Å². The molecule has 3 heterocycles. The Morgan fingerprint density at radius 2 is 2.13 bits per heavy atom. The predicted octanol–water partition coefficient (Wildman–Crippen LogP) is -0.717. The molecule has 2 aliphatic rings. The second-order valence-electron chi connectivity index (χ2n) is 6.35. The van der Waals surface area contributed by atoms with Crippen molar-refractivity contribution in [2.24, 2.45) is 7.05 Å². The normalized spacial score (nSPS) is 28.1. The number of aryl methyl sites for hydroxylation is 1. The fourth-order valence-electron chi connectivity index (χ4n) is 3.14. The molecule has 130 valence electrons. The lowest BCUT2D eigenvalue weighted by Crippen LogP contribution is -2.59. The summed E-state index contributed by atoms with van der Waals surface area (Å²) >= 11 is 0. The summed E-state index contributed by atoms with van der Waals surface area (Å²) in [6.07, 6.45) is 4.94. The van der Waals surface area contributed by atoms with Gasteiger partial charge < -0.3 is 14.0 Å². The zero-order chi connectivity index (χ0) is 16.5. The number of aromatic nitrogens is 2.